The van der Waals surface area contributed by atoms with Crippen molar-refractivity contribution in [2.75, 3.05) is 18.0 Å². The van der Waals surface area contributed by atoms with Gasteiger partial charge in [-0.1, -0.05) is 6.07 Å². The zero-order valence-corrected chi connectivity index (χ0v) is 16.1. The number of hydrogen-bond donors (Lipinski definition) is 0. The van der Waals surface area contributed by atoms with E-state index in [9.17, 15) is 4.79 Å². The fraction of sp³-hybridized carbons (Fsp3) is 0.227. The first-order valence-corrected chi connectivity index (χ1v) is 9.41. The lowest BCUT2D eigenvalue weighted by Crippen LogP contribution is -2.54. The van der Waals surface area contributed by atoms with Crippen molar-refractivity contribution in [2.24, 2.45) is 0 Å². The zero-order chi connectivity index (χ0) is 20.2. The van der Waals surface area contributed by atoms with E-state index >= 15 is 0 Å². The number of anilines is 1. The third-order valence-corrected chi connectivity index (χ3v) is 5.00. The number of benzene rings is 1. The highest BCUT2D eigenvalue weighted by atomic mass is 16.2. The highest BCUT2D eigenvalue weighted by Crippen LogP contribution is 2.22. The predicted octanol–water partition coefficient (Wildman–Crippen LogP) is 2.65. The molecule has 1 aromatic carbocycles. The fourth-order valence-electron chi connectivity index (χ4n) is 3.37. The van der Waals surface area contributed by atoms with Gasteiger partial charge in [-0.25, -0.2) is 9.97 Å². The van der Waals surface area contributed by atoms with Crippen LogP contribution in [0.5, 0.6) is 0 Å². The van der Waals surface area contributed by atoms with Crippen molar-refractivity contribution in [3.05, 3.63) is 72.2 Å². The molecule has 1 saturated heterocycles. The summed E-state index contributed by atoms with van der Waals surface area (Å²) in [5.41, 5.74) is 3.10. The predicted molar refractivity (Wildman–Crippen MR) is 109 cm³/mol. The molecule has 4 rings (SSSR count). The van der Waals surface area contributed by atoms with Crippen molar-refractivity contribution in [3.8, 4) is 17.6 Å². The molecule has 1 aliphatic rings. The molecule has 1 fully saturated rings. The summed E-state index contributed by atoms with van der Waals surface area (Å²) in [6.07, 6.45) is 5.30. The molecule has 1 atom stereocenters. The van der Waals surface area contributed by atoms with Crippen LogP contribution >= 0.6 is 0 Å². The number of rotatable bonds is 4. The van der Waals surface area contributed by atoms with E-state index in [1.165, 1.54) is 0 Å². The van der Waals surface area contributed by atoms with E-state index in [4.69, 9.17) is 5.26 Å². The Morgan fingerprint density at radius 2 is 1.86 bits per heavy atom. The average molecular weight is 384 g/mol. The van der Waals surface area contributed by atoms with Crippen LogP contribution in [0.4, 0.5) is 5.69 Å². The van der Waals surface area contributed by atoms with Gasteiger partial charge in [0.15, 0.2) is 5.82 Å². The summed E-state index contributed by atoms with van der Waals surface area (Å²) in [6, 6.07) is 15.0. The maximum atomic E-state index is 12.7. The number of hydrogen-bond acceptors (Lipinski definition) is 6. The molecule has 29 heavy (non-hydrogen) atoms. The molecule has 1 amide bonds. The monoisotopic (exact) mass is 384 g/mol. The normalized spacial score (nSPS) is 17.2. The summed E-state index contributed by atoms with van der Waals surface area (Å²) < 4.78 is 0. The minimum absolute atomic E-state index is 0.0406. The Bertz CT molecular complexity index is 1030. The number of pyridine rings is 1. The van der Waals surface area contributed by atoms with Gasteiger partial charge in [0.2, 0.25) is 5.91 Å². The number of carbonyl (C=O) groups excluding carboxylic acids is 1. The molecule has 7 heteroatoms. The lowest BCUT2D eigenvalue weighted by atomic mass is 10.1. The minimum atomic E-state index is 0.0406. The summed E-state index contributed by atoms with van der Waals surface area (Å²) >= 11 is 0. The third kappa shape index (κ3) is 4.13. The van der Waals surface area contributed by atoms with Crippen LogP contribution in [0, 0.1) is 11.3 Å². The molecule has 144 valence electrons. The van der Waals surface area contributed by atoms with E-state index in [0.29, 0.717) is 31.0 Å². The molecule has 0 aliphatic carbocycles. The molecule has 0 N–H and O–H groups in total. The van der Waals surface area contributed by atoms with E-state index < -0.39 is 0 Å². The lowest BCUT2D eigenvalue weighted by Gasteiger charge is -2.39. The second-order valence-corrected chi connectivity index (χ2v) is 7.05. The largest absolute Gasteiger partial charge is 0.310 e. The standard InChI is InChI=1S/C22H20N6O/c1-16-13-28(19-7-5-17(10-23)6-8-19)21(29)15-27(16)14-18-11-25-22(26-12-18)20-4-2-3-9-24-20/h2-9,11-12,16H,13-15H2,1H3/t16-/m1/s1. The summed E-state index contributed by atoms with van der Waals surface area (Å²) in [5.74, 6) is 0.628. The van der Waals surface area contributed by atoms with Gasteiger partial charge < -0.3 is 4.90 Å². The Labute approximate surface area is 169 Å². The van der Waals surface area contributed by atoms with Gasteiger partial charge in [-0.3, -0.25) is 14.7 Å². The topological polar surface area (TPSA) is 86.0 Å². The first kappa shape index (κ1) is 18.7. The number of nitriles is 1. The molecule has 0 radical (unpaired) electrons. The molecular weight excluding hydrogens is 364 g/mol. The number of amides is 1. The number of nitrogens with zero attached hydrogens (tertiary/aromatic N) is 6. The van der Waals surface area contributed by atoms with E-state index in [0.717, 1.165) is 16.9 Å². The SMILES string of the molecule is C[C@@H]1CN(c2ccc(C#N)cc2)C(=O)CN1Cc1cnc(-c2ccccn2)nc1. The Balaban J connectivity index is 1.43. The summed E-state index contributed by atoms with van der Waals surface area (Å²) in [7, 11) is 0. The van der Waals surface area contributed by atoms with Crippen LogP contribution in [-0.4, -0.2) is 44.9 Å². The lowest BCUT2D eigenvalue weighted by molar-refractivity contribution is -0.122. The van der Waals surface area contributed by atoms with Crippen molar-refractivity contribution >= 4 is 11.6 Å². The minimum Gasteiger partial charge on any atom is -0.310 e. The van der Waals surface area contributed by atoms with Crippen LogP contribution in [0.25, 0.3) is 11.5 Å². The van der Waals surface area contributed by atoms with Crippen LogP contribution in [0.1, 0.15) is 18.1 Å². The highest BCUT2D eigenvalue weighted by molar-refractivity contribution is 5.95. The van der Waals surface area contributed by atoms with Crippen molar-refractivity contribution in [3.63, 3.8) is 0 Å². The Morgan fingerprint density at radius 1 is 1.10 bits per heavy atom. The molecule has 3 heterocycles. The summed E-state index contributed by atoms with van der Waals surface area (Å²) in [5, 5.41) is 8.94. The number of aromatic nitrogens is 3. The molecule has 1 aliphatic heterocycles. The van der Waals surface area contributed by atoms with E-state index in [1.807, 2.05) is 30.3 Å². The van der Waals surface area contributed by atoms with E-state index in [2.05, 4.69) is 32.8 Å². The highest BCUT2D eigenvalue weighted by Gasteiger charge is 2.30. The molecule has 3 aromatic rings. The van der Waals surface area contributed by atoms with Gasteiger partial charge in [-0.05, 0) is 43.3 Å². The van der Waals surface area contributed by atoms with Gasteiger partial charge in [-0.2, -0.15) is 5.26 Å². The second-order valence-electron chi connectivity index (χ2n) is 7.05. The summed E-state index contributed by atoms with van der Waals surface area (Å²) in [4.78, 5) is 29.7. The van der Waals surface area contributed by atoms with Crippen molar-refractivity contribution in [2.45, 2.75) is 19.5 Å². The molecule has 2 aromatic heterocycles. The second kappa shape index (κ2) is 8.17. The quantitative estimate of drug-likeness (QED) is 0.687. The number of carbonyl (C=O) groups is 1. The van der Waals surface area contributed by atoms with Crippen LogP contribution in [0.15, 0.2) is 61.1 Å². The maximum absolute atomic E-state index is 12.7. The Kier molecular flexibility index (Phi) is 5.27. The van der Waals surface area contributed by atoms with Crippen LogP contribution < -0.4 is 4.90 Å². The Hall–Kier alpha value is -3.63. The van der Waals surface area contributed by atoms with E-state index in [1.54, 1.807) is 35.6 Å². The van der Waals surface area contributed by atoms with Gasteiger partial charge in [0.1, 0.15) is 5.69 Å². The molecule has 0 unspecified atom stereocenters. The third-order valence-electron chi connectivity index (χ3n) is 5.00. The van der Waals surface area contributed by atoms with Gasteiger partial charge in [-0.15, -0.1) is 0 Å². The maximum Gasteiger partial charge on any atom is 0.241 e. The van der Waals surface area contributed by atoms with Gasteiger partial charge in [0.25, 0.3) is 0 Å². The molecule has 7 nitrogen and oxygen atoms in total. The van der Waals surface area contributed by atoms with Crippen molar-refractivity contribution < 1.29 is 4.79 Å². The van der Waals surface area contributed by atoms with E-state index in [-0.39, 0.29) is 11.9 Å². The Morgan fingerprint density at radius 3 is 2.52 bits per heavy atom. The molecule has 0 spiro atoms. The first-order chi connectivity index (χ1) is 14.1. The van der Waals surface area contributed by atoms with Gasteiger partial charge >= 0.3 is 0 Å². The van der Waals surface area contributed by atoms with Crippen LogP contribution in [0.2, 0.25) is 0 Å². The van der Waals surface area contributed by atoms with Crippen LogP contribution in [-0.2, 0) is 11.3 Å². The van der Waals surface area contributed by atoms with Crippen molar-refractivity contribution in [1.29, 1.82) is 5.26 Å². The van der Waals surface area contributed by atoms with Gasteiger partial charge in [0, 0.05) is 49.0 Å². The molecule has 0 saturated carbocycles. The number of piperazine rings is 1. The molecule has 0 bridgehead atoms. The summed E-state index contributed by atoms with van der Waals surface area (Å²) in [6.45, 7) is 3.63. The zero-order valence-electron chi connectivity index (χ0n) is 16.1. The molecular formula is C22H20N6O. The van der Waals surface area contributed by atoms with Gasteiger partial charge in [0.05, 0.1) is 18.2 Å². The first-order valence-electron chi connectivity index (χ1n) is 9.41. The fourth-order valence-corrected chi connectivity index (χ4v) is 3.37. The van der Waals surface area contributed by atoms with Crippen molar-refractivity contribution in [1.82, 2.24) is 19.9 Å². The van der Waals surface area contributed by atoms with Crippen LogP contribution in [0.3, 0.4) is 0 Å². The smallest absolute Gasteiger partial charge is 0.241 e. The average Bonchev–Trinajstić information content (AvgIpc) is 2.77.